The number of nitrogens with zero attached hydrogens (tertiary/aromatic N) is 1. The summed E-state index contributed by atoms with van der Waals surface area (Å²) < 4.78 is 5.14. The molecule has 0 saturated heterocycles. The Bertz CT molecular complexity index is 752. The van der Waals surface area contributed by atoms with E-state index < -0.39 is 0 Å². The van der Waals surface area contributed by atoms with Crippen molar-refractivity contribution in [2.75, 3.05) is 5.32 Å². The lowest BCUT2D eigenvalue weighted by atomic mass is 10.2. The normalized spacial score (nSPS) is 10.6. The number of oxazole rings is 1. The molecule has 2 aromatic carbocycles. The average Bonchev–Trinajstić information content (AvgIpc) is 2.86. The van der Waals surface area contributed by atoms with Gasteiger partial charge in [-0.1, -0.05) is 23.7 Å². The summed E-state index contributed by atoms with van der Waals surface area (Å²) in [6, 6.07) is 12.1. The highest BCUT2D eigenvalue weighted by molar-refractivity contribution is 6.34. The second-order valence-corrected chi connectivity index (χ2v) is 4.38. The summed E-state index contributed by atoms with van der Waals surface area (Å²) in [6.45, 7) is 0. The van der Waals surface area contributed by atoms with E-state index >= 15 is 0 Å². The van der Waals surface area contributed by atoms with Crippen LogP contribution >= 0.6 is 11.6 Å². The van der Waals surface area contributed by atoms with Crippen LogP contribution in [-0.2, 0) is 0 Å². The first-order valence-electron chi connectivity index (χ1n) is 5.63. The van der Waals surface area contributed by atoms with Crippen molar-refractivity contribution in [1.29, 1.82) is 0 Å². The van der Waals surface area contributed by atoms with Crippen molar-refractivity contribution in [3.63, 3.8) is 0 Å². The summed E-state index contributed by atoms with van der Waals surface area (Å²) in [5, 5.41) is 3.19. The van der Waals surface area contributed by atoms with E-state index in [-0.39, 0.29) is 5.91 Å². The number of hydrogen-bond acceptors (Lipinski definition) is 3. The van der Waals surface area contributed by atoms with Crippen LogP contribution in [0.2, 0.25) is 5.02 Å². The Balaban J connectivity index is 1.88. The fourth-order valence-electron chi connectivity index (χ4n) is 1.78. The molecule has 0 fully saturated rings. The largest absolute Gasteiger partial charge is 0.443 e. The van der Waals surface area contributed by atoms with E-state index in [9.17, 15) is 4.79 Å². The second-order valence-electron chi connectivity index (χ2n) is 3.97. The zero-order valence-corrected chi connectivity index (χ0v) is 10.5. The van der Waals surface area contributed by atoms with Gasteiger partial charge in [-0.05, 0) is 30.3 Å². The van der Waals surface area contributed by atoms with E-state index in [0.29, 0.717) is 27.4 Å². The first-order chi connectivity index (χ1) is 9.24. The Morgan fingerprint density at radius 3 is 2.89 bits per heavy atom. The van der Waals surface area contributed by atoms with Crippen molar-refractivity contribution in [1.82, 2.24) is 4.98 Å². The number of carbonyl (C=O) groups excluding carboxylic acids is 1. The average molecular weight is 273 g/mol. The van der Waals surface area contributed by atoms with Gasteiger partial charge in [-0.15, -0.1) is 0 Å². The number of hydrogen-bond donors (Lipinski definition) is 1. The second kappa shape index (κ2) is 4.74. The van der Waals surface area contributed by atoms with Crippen LogP contribution in [0, 0.1) is 0 Å². The van der Waals surface area contributed by atoms with Crippen LogP contribution in [0.15, 0.2) is 53.3 Å². The Morgan fingerprint density at radius 1 is 1.21 bits per heavy atom. The molecule has 94 valence electrons. The molecule has 0 radical (unpaired) electrons. The molecule has 19 heavy (non-hydrogen) atoms. The molecule has 0 unspecified atom stereocenters. The Labute approximate surface area is 114 Å². The molecule has 1 N–H and O–H groups in total. The molecule has 4 nitrogen and oxygen atoms in total. The smallest absolute Gasteiger partial charge is 0.257 e. The predicted octanol–water partition coefficient (Wildman–Crippen LogP) is 3.73. The number of anilines is 1. The van der Waals surface area contributed by atoms with Crippen LogP contribution in [0.3, 0.4) is 0 Å². The van der Waals surface area contributed by atoms with Crippen LogP contribution in [0.1, 0.15) is 10.4 Å². The minimum atomic E-state index is -0.256. The molecule has 0 aliphatic rings. The maximum atomic E-state index is 12.1. The van der Waals surface area contributed by atoms with Crippen molar-refractivity contribution in [3.8, 4) is 0 Å². The molecule has 0 spiro atoms. The molecule has 0 aliphatic heterocycles. The summed E-state index contributed by atoms with van der Waals surface area (Å²) >= 11 is 5.97. The van der Waals surface area contributed by atoms with Gasteiger partial charge < -0.3 is 9.73 Å². The van der Waals surface area contributed by atoms with E-state index in [2.05, 4.69) is 10.3 Å². The fraction of sp³-hybridized carbons (Fsp3) is 0. The van der Waals surface area contributed by atoms with E-state index in [1.54, 1.807) is 42.5 Å². The molecule has 1 heterocycles. The minimum absolute atomic E-state index is 0.256. The van der Waals surface area contributed by atoms with Gasteiger partial charge in [0.15, 0.2) is 12.0 Å². The lowest BCUT2D eigenvalue weighted by Gasteiger charge is -2.06. The van der Waals surface area contributed by atoms with E-state index in [1.807, 2.05) is 0 Å². The van der Waals surface area contributed by atoms with E-state index in [4.69, 9.17) is 16.0 Å². The van der Waals surface area contributed by atoms with Crippen molar-refractivity contribution in [2.45, 2.75) is 0 Å². The number of rotatable bonds is 2. The predicted molar refractivity (Wildman–Crippen MR) is 73.4 cm³/mol. The van der Waals surface area contributed by atoms with Gasteiger partial charge in [0.1, 0.15) is 5.52 Å². The van der Waals surface area contributed by atoms with Crippen LogP contribution in [0.4, 0.5) is 5.69 Å². The first-order valence-corrected chi connectivity index (χ1v) is 6.01. The van der Waals surface area contributed by atoms with Crippen molar-refractivity contribution >= 4 is 34.3 Å². The zero-order valence-electron chi connectivity index (χ0n) is 9.76. The third-order valence-corrected chi connectivity index (χ3v) is 3.04. The Morgan fingerprint density at radius 2 is 2.05 bits per heavy atom. The first kappa shape index (κ1) is 11.7. The molecule has 5 heteroatoms. The summed E-state index contributed by atoms with van der Waals surface area (Å²) in [6.07, 6.45) is 1.37. The topological polar surface area (TPSA) is 55.1 Å². The number of carbonyl (C=O) groups is 1. The summed E-state index contributed by atoms with van der Waals surface area (Å²) in [5.74, 6) is -0.256. The summed E-state index contributed by atoms with van der Waals surface area (Å²) in [7, 11) is 0. The Hall–Kier alpha value is -2.33. The summed E-state index contributed by atoms with van der Waals surface area (Å²) in [5.41, 5.74) is 2.45. The number of benzene rings is 2. The highest BCUT2D eigenvalue weighted by Crippen LogP contribution is 2.20. The molecule has 0 bridgehead atoms. The lowest BCUT2D eigenvalue weighted by Crippen LogP contribution is -2.12. The van der Waals surface area contributed by atoms with Gasteiger partial charge in [0.2, 0.25) is 0 Å². The molecule has 3 aromatic rings. The fourth-order valence-corrected chi connectivity index (χ4v) is 2.00. The molecule has 0 atom stereocenters. The number of amides is 1. The zero-order chi connectivity index (χ0) is 13.2. The highest BCUT2D eigenvalue weighted by Gasteiger charge is 2.10. The monoisotopic (exact) mass is 272 g/mol. The standard InChI is InChI=1S/C14H9ClN2O2/c15-11-4-2-1-3-10(11)14(18)17-9-5-6-13-12(7-9)16-8-19-13/h1-8H,(H,17,18). The quantitative estimate of drug-likeness (QED) is 0.773. The van der Waals surface area contributed by atoms with Crippen LogP contribution in [0.5, 0.6) is 0 Å². The molecule has 1 amide bonds. The van der Waals surface area contributed by atoms with Gasteiger partial charge in [0.05, 0.1) is 10.6 Å². The van der Waals surface area contributed by atoms with Crippen LogP contribution < -0.4 is 5.32 Å². The number of nitrogens with one attached hydrogen (secondary N) is 1. The van der Waals surface area contributed by atoms with Gasteiger partial charge in [-0.3, -0.25) is 4.79 Å². The van der Waals surface area contributed by atoms with Gasteiger partial charge in [0.25, 0.3) is 5.91 Å². The number of halogens is 1. The number of fused-ring (bicyclic) bond motifs is 1. The maximum absolute atomic E-state index is 12.1. The van der Waals surface area contributed by atoms with Crippen molar-refractivity contribution in [3.05, 3.63) is 59.4 Å². The molecule has 1 aromatic heterocycles. The molecular formula is C14H9ClN2O2. The molecule has 3 rings (SSSR count). The van der Waals surface area contributed by atoms with Gasteiger partial charge in [-0.2, -0.15) is 0 Å². The molecule has 0 saturated carbocycles. The van der Waals surface area contributed by atoms with Crippen LogP contribution in [0.25, 0.3) is 11.1 Å². The van der Waals surface area contributed by atoms with E-state index in [1.165, 1.54) is 6.39 Å². The molecular weight excluding hydrogens is 264 g/mol. The third kappa shape index (κ3) is 2.30. The van der Waals surface area contributed by atoms with Crippen molar-refractivity contribution in [2.24, 2.45) is 0 Å². The minimum Gasteiger partial charge on any atom is -0.443 e. The van der Waals surface area contributed by atoms with Crippen molar-refractivity contribution < 1.29 is 9.21 Å². The van der Waals surface area contributed by atoms with Gasteiger partial charge in [0, 0.05) is 5.69 Å². The highest BCUT2D eigenvalue weighted by atomic mass is 35.5. The Kier molecular flexibility index (Phi) is 2.93. The molecule has 0 aliphatic carbocycles. The van der Waals surface area contributed by atoms with Gasteiger partial charge in [-0.25, -0.2) is 4.98 Å². The van der Waals surface area contributed by atoms with Gasteiger partial charge >= 0.3 is 0 Å². The SMILES string of the molecule is O=C(Nc1ccc2ocnc2c1)c1ccccc1Cl. The van der Waals surface area contributed by atoms with Crippen LogP contribution in [-0.4, -0.2) is 10.9 Å². The number of aromatic nitrogens is 1. The van der Waals surface area contributed by atoms with E-state index in [0.717, 1.165) is 0 Å². The lowest BCUT2D eigenvalue weighted by molar-refractivity contribution is 0.102. The summed E-state index contributed by atoms with van der Waals surface area (Å²) in [4.78, 5) is 16.1. The maximum Gasteiger partial charge on any atom is 0.257 e. The third-order valence-electron chi connectivity index (χ3n) is 2.71.